The van der Waals surface area contributed by atoms with Gasteiger partial charge in [-0.05, 0) is 18.2 Å². The van der Waals surface area contributed by atoms with Gasteiger partial charge in [0.1, 0.15) is 5.82 Å². The van der Waals surface area contributed by atoms with E-state index in [2.05, 4.69) is 15.3 Å². The van der Waals surface area contributed by atoms with E-state index < -0.39 is 0 Å². The van der Waals surface area contributed by atoms with E-state index in [-0.39, 0.29) is 5.91 Å². The highest BCUT2D eigenvalue weighted by atomic mass is 16.2. The van der Waals surface area contributed by atoms with Crippen molar-refractivity contribution in [3.05, 3.63) is 48.4 Å². The molecule has 0 bridgehead atoms. The molecule has 0 unspecified atom stereocenters. The molecule has 1 N–H and O–H groups in total. The summed E-state index contributed by atoms with van der Waals surface area (Å²) in [5, 5.41) is 2.95. The average Bonchev–Trinajstić information content (AvgIpc) is 2.46. The molecule has 5 heteroatoms. The molecule has 0 fully saturated rings. The monoisotopic (exact) mass is 242 g/mol. The van der Waals surface area contributed by atoms with Crippen LogP contribution >= 0.6 is 0 Å². The number of nitrogens with one attached hydrogen (secondary N) is 1. The van der Waals surface area contributed by atoms with E-state index in [0.717, 1.165) is 0 Å². The topological polar surface area (TPSA) is 58.1 Å². The molecule has 1 amide bonds. The zero-order chi connectivity index (χ0) is 13.0. The van der Waals surface area contributed by atoms with Crippen molar-refractivity contribution < 1.29 is 4.79 Å². The molecule has 0 aliphatic heterocycles. The molecule has 0 aliphatic rings. The Morgan fingerprint density at radius 1 is 1.28 bits per heavy atom. The molecule has 2 aromatic rings. The van der Waals surface area contributed by atoms with Gasteiger partial charge in [-0.3, -0.25) is 14.7 Å². The number of rotatable bonds is 3. The van der Waals surface area contributed by atoms with E-state index in [1.807, 2.05) is 12.1 Å². The van der Waals surface area contributed by atoms with Gasteiger partial charge in [-0.25, -0.2) is 4.98 Å². The molecule has 0 aromatic carbocycles. The summed E-state index contributed by atoms with van der Waals surface area (Å²) in [6, 6.07) is 7.14. The third-order valence-electron chi connectivity index (χ3n) is 2.62. The van der Waals surface area contributed by atoms with Crippen molar-refractivity contribution in [1.82, 2.24) is 9.97 Å². The van der Waals surface area contributed by atoms with E-state index in [0.29, 0.717) is 17.1 Å². The van der Waals surface area contributed by atoms with Crippen LogP contribution in [0.3, 0.4) is 0 Å². The number of hydrogen-bond donors (Lipinski definition) is 1. The Morgan fingerprint density at radius 3 is 2.78 bits per heavy atom. The van der Waals surface area contributed by atoms with Gasteiger partial charge >= 0.3 is 0 Å². The fourth-order valence-corrected chi connectivity index (χ4v) is 1.62. The van der Waals surface area contributed by atoms with Crippen LogP contribution in [0.25, 0.3) is 0 Å². The van der Waals surface area contributed by atoms with Crippen LogP contribution in [0.1, 0.15) is 10.4 Å². The van der Waals surface area contributed by atoms with Gasteiger partial charge in [0.25, 0.3) is 5.91 Å². The summed E-state index contributed by atoms with van der Waals surface area (Å²) in [4.78, 5) is 22.0. The zero-order valence-corrected chi connectivity index (χ0v) is 10.3. The minimum Gasteiger partial charge on any atom is -0.386 e. The van der Waals surface area contributed by atoms with Gasteiger partial charge in [-0.1, -0.05) is 6.07 Å². The first-order valence-corrected chi connectivity index (χ1v) is 5.55. The summed E-state index contributed by atoms with van der Waals surface area (Å²) in [5.74, 6) is 0.488. The van der Waals surface area contributed by atoms with E-state index >= 15 is 0 Å². The van der Waals surface area contributed by atoms with Crippen molar-refractivity contribution in [3.8, 4) is 0 Å². The predicted molar refractivity (Wildman–Crippen MR) is 70.8 cm³/mol. The molecular weight excluding hydrogens is 228 g/mol. The molecule has 18 heavy (non-hydrogen) atoms. The lowest BCUT2D eigenvalue weighted by Crippen LogP contribution is -2.27. The predicted octanol–water partition coefficient (Wildman–Crippen LogP) is 1.79. The molecular formula is C13H14N4O. The van der Waals surface area contributed by atoms with Crippen LogP contribution in [-0.2, 0) is 0 Å². The Morgan fingerprint density at radius 2 is 2.11 bits per heavy atom. The maximum absolute atomic E-state index is 12.3. The van der Waals surface area contributed by atoms with Gasteiger partial charge < -0.3 is 5.32 Å². The van der Waals surface area contributed by atoms with E-state index in [4.69, 9.17) is 0 Å². The Bertz CT molecular complexity index is 542. The quantitative estimate of drug-likeness (QED) is 0.891. The summed E-state index contributed by atoms with van der Waals surface area (Å²) in [7, 11) is 3.46. The number of carbonyl (C=O) groups excluding carboxylic acids is 1. The van der Waals surface area contributed by atoms with Crippen molar-refractivity contribution in [3.63, 3.8) is 0 Å². The number of carbonyl (C=O) groups is 1. The van der Waals surface area contributed by atoms with Crippen LogP contribution in [0.5, 0.6) is 0 Å². The minimum atomic E-state index is -0.125. The zero-order valence-electron chi connectivity index (χ0n) is 10.3. The molecule has 0 spiro atoms. The first-order valence-electron chi connectivity index (χ1n) is 5.55. The summed E-state index contributed by atoms with van der Waals surface area (Å²) in [6.45, 7) is 0. The van der Waals surface area contributed by atoms with Crippen LogP contribution < -0.4 is 10.2 Å². The number of anilines is 2. The second-order valence-electron chi connectivity index (χ2n) is 3.72. The van der Waals surface area contributed by atoms with Crippen LogP contribution in [0, 0.1) is 0 Å². The molecule has 0 saturated carbocycles. The van der Waals surface area contributed by atoms with Crippen molar-refractivity contribution in [1.29, 1.82) is 0 Å². The van der Waals surface area contributed by atoms with Gasteiger partial charge in [0.15, 0.2) is 0 Å². The fraction of sp³-hybridized carbons (Fsp3) is 0.154. The lowest BCUT2D eigenvalue weighted by Gasteiger charge is -2.17. The Balaban J connectivity index is 2.32. The fourth-order valence-electron chi connectivity index (χ4n) is 1.62. The van der Waals surface area contributed by atoms with E-state index in [1.165, 1.54) is 4.90 Å². The van der Waals surface area contributed by atoms with Gasteiger partial charge in [0.05, 0.1) is 17.4 Å². The molecule has 0 atom stereocenters. The number of pyridine rings is 2. The minimum absolute atomic E-state index is 0.125. The van der Waals surface area contributed by atoms with E-state index in [1.54, 1.807) is 44.8 Å². The molecule has 0 radical (unpaired) electrons. The first kappa shape index (κ1) is 12.0. The van der Waals surface area contributed by atoms with Crippen LogP contribution in [0.4, 0.5) is 11.5 Å². The lowest BCUT2D eigenvalue weighted by molar-refractivity contribution is 0.0993. The number of amides is 1. The maximum Gasteiger partial charge on any atom is 0.261 e. The van der Waals surface area contributed by atoms with Crippen molar-refractivity contribution >= 4 is 17.4 Å². The van der Waals surface area contributed by atoms with Crippen molar-refractivity contribution in [2.45, 2.75) is 0 Å². The SMILES string of the molecule is CNc1cnccc1C(=O)N(C)c1ccccn1. The summed E-state index contributed by atoms with van der Waals surface area (Å²) in [5.41, 5.74) is 1.27. The Labute approximate surface area is 105 Å². The number of aromatic nitrogens is 2. The number of nitrogens with zero attached hydrogens (tertiary/aromatic N) is 3. The van der Waals surface area contributed by atoms with Gasteiger partial charge in [-0.2, -0.15) is 0 Å². The highest BCUT2D eigenvalue weighted by Crippen LogP contribution is 2.17. The van der Waals surface area contributed by atoms with Crippen LogP contribution in [0.2, 0.25) is 0 Å². The van der Waals surface area contributed by atoms with Gasteiger partial charge in [-0.15, -0.1) is 0 Å². The Kier molecular flexibility index (Phi) is 3.52. The third kappa shape index (κ3) is 2.29. The average molecular weight is 242 g/mol. The van der Waals surface area contributed by atoms with Crippen LogP contribution in [0.15, 0.2) is 42.9 Å². The molecule has 2 rings (SSSR count). The second kappa shape index (κ2) is 5.27. The maximum atomic E-state index is 12.3. The molecule has 92 valence electrons. The largest absolute Gasteiger partial charge is 0.386 e. The van der Waals surface area contributed by atoms with E-state index in [9.17, 15) is 4.79 Å². The Hall–Kier alpha value is -2.43. The normalized spacial score (nSPS) is 9.89. The van der Waals surface area contributed by atoms with Crippen molar-refractivity contribution in [2.75, 3.05) is 24.3 Å². The molecule has 5 nitrogen and oxygen atoms in total. The first-order chi connectivity index (χ1) is 8.74. The third-order valence-corrected chi connectivity index (χ3v) is 2.62. The molecule has 2 aromatic heterocycles. The second-order valence-corrected chi connectivity index (χ2v) is 3.72. The summed E-state index contributed by atoms with van der Waals surface area (Å²) in [6.07, 6.45) is 4.88. The van der Waals surface area contributed by atoms with Gasteiger partial charge in [0, 0.05) is 26.5 Å². The standard InChI is InChI=1S/C13H14N4O/c1-14-11-9-15-8-6-10(11)13(18)17(2)12-5-3-4-7-16-12/h3-9,14H,1-2H3. The van der Waals surface area contributed by atoms with Crippen LogP contribution in [-0.4, -0.2) is 30.0 Å². The summed E-state index contributed by atoms with van der Waals surface area (Å²) >= 11 is 0. The molecule has 0 saturated heterocycles. The highest BCUT2D eigenvalue weighted by molar-refractivity contribution is 6.08. The van der Waals surface area contributed by atoms with Crippen molar-refractivity contribution in [2.24, 2.45) is 0 Å². The molecule has 0 aliphatic carbocycles. The van der Waals surface area contributed by atoms with Gasteiger partial charge in [0.2, 0.25) is 0 Å². The molecule has 2 heterocycles. The lowest BCUT2D eigenvalue weighted by atomic mass is 10.2. The number of hydrogen-bond acceptors (Lipinski definition) is 4. The smallest absolute Gasteiger partial charge is 0.261 e. The summed E-state index contributed by atoms with van der Waals surface area (Å²) < 4.78 is 0. The highest BCUT2D eigenvalue weighted by Gasteiger charge is 2.17.